The van der Waals surface area contributed by atoms with E-state index in [0.29, 0.717) is 11.3 Å². The zero-order chi connectivity index (χ0) is 11.7. The highest BCUT2D eigenvalue weighted by atomic mass is 19.1. The molecule has 2 N–H and O–H groups in total. The molecule has 0 radical (unpaired) electrons. The fourth-order valence-electron chi connectivity index (χ4n) is 1.78. The van der Waals surface area contributed by atoms with E-state index in [9.17, 15) is 14.0 Å². The number of alkyl halides is 1. The van der Waals surface area contributed by atoms with E-state index in [1.165, 1.54) is 0 Å². The summed E-state index contributed by atoms with van der Waals surface area (Å²) in [5.41, 5.74) is 6.48. The normalized spacial score (nSPS) is 14.4. The first-order chi connectivity index (χ1) is 7.66. The molecule has 1 aliphatic heterocycles. The van der Waals surface area contributed by atoms with Crippen molar-refractivity contribution in [2.24, 2.45) is 0 Å². The van der Waals surface area contributed by atoms with Gasteiger partial charge in [-0.2, -0.15) is 0 Å². The Labute approximate surface area is 91.8 Å². The highest BCUT2D eigenvalue weighted by molar-refractivity contribution is 6.23. The van der Waals surface area contributed by atoms with Crippen LogP contribution in [0, 0.1) is 0 Å². The van der Waals surface area contributed by atoms with Gasteiger partial charge in [-0.25, -0.2) is 0 Å². The van der Waals surface area contributed by atoms with E-state index in [4.69, 9.17) is 5.73 Å². The number of nitrogens with two attached hydrogens (primary N) is 1. The highest BCUT2D eigenvalue weighted by Gasteiger charge is 2.36. The van der Waals surface area contributed by atoms with Crippen LogP contribution in [0.15, 0.2) is 18.2 Å². The second kappa shape index (κ2) is 3.92. The SMILES string of the molecule is Nc1cccc2c1C(=O)N(CCCF)C2=O. The van der Waals surface area contributed by atoms with E-state index >= 15 is 0 Å². The molecule has 0 saturated carbocycles. The van der Waals surface area contributed by atoms with Crippen LogP contribution < -0.4 is 5.73 Å². The van der Waals surface area contributed by atoms with Gasteiger partial charge in [0.15, 0.2) is 0 Å². The average molecular weight is 222 g/mol. The van der Waals surface area contributed by atoms with Crippen LogP contribution in [-0.4, -0.2) is 29.9 Å². The first kappa shape index (κ1) is 10.6. The Bertz CT molecular complexity index is 459. The van der Waals surface area contributed by atoms with Gasteiger partial charge in [0.1, 0.15) is 0 Å². The average Bonchev–Trinajstić information content (AvgIpc) is 2.51. The van der Waals surface area contributed by atoms with Crippen molar-refractivity contribution in [2.45, 2.75) is 6.42 Å². The third-order valence-corrected chi connectivity index (χ3v) is 2.55. The second-order valence-corrected chi connectivity index (χ2v) is 3.57. The molecule has 0 spiro atoms. The molecule has 2 rings (SSSR count). The van der Waals surface area contributed by atoms with Gasteiger partial charge in [0.05, 0.1) is 17.8 Å². The van der Waals surface area contributed by atoms with Gasteiger partial charge < -0.3 is 5.73 Å². The number of hydrogen-bond donors (Lipinski definition) is 1. The van der Waals surface area contributed by atoms with Gasteiger partial charge in [-0.3, -0.25) is 18.9 Å². The molecule has 0 bridgehead atoms. The third kappa shape index (κ3) is 1.44. The van der Waals surface area contributed by atoms with Gasteiger partial charge >= 0.3 is 0 Å². The predicted molar refractivity (Wildman–Crippen MR) is 56.8 cm³/mol. The van der Waals surface area contributed by atoms with E-state index in [1.807, 2.05) is 0 Å². The summed E-state index contributed by atoms with van der Waals surface area (Å²) in [4.78, 5) is 24.7. The molecule has 16 heavy (non-hydrogen) atoms. The van der Waals surface area contributed by atoms with Crippen LogP contribution in [0.4, 0.5) is 10.1 Å². The van der Waals surface area contributed by atoms with Gasteiger partial charge in [0.2, 0.25) is 0 Å². The Morgan fingerprint density at radius 3 is 2.62 bits per heavy atom. The van der Waals surface area contributed by atoms with Crippen LogP contribution in [-0.2, 0) is 0 Å². The van der Waals surface area contributed by atoms with Crippen molar-refractivity contribution in [3.63, 3.8) is 0 Å². The molecular formula is C11H11FN2O2. The molecule has 0 aliphatic carbocycles. The van der Waals surface area contributed by atoms with Crippen molar-refractivity contribution in [1.82, 2.24) is 4.90 Å². The molecule has 0 fully saturated rings. The van der Waals surface area contributed by atoms with Crippen molar-refractivity contribution >= 4 is 17.5 Å². The number of halogens is 1. The second-order valence-electron chi connectivity index (χ2n) is 3.57. The molecule has 4 nitrogen and oxygen atoms in total. The maximum absolute atomic E-state index is 12.0. The summed E-state index contributed by atoms with van der Waals surface area (Å²) in [7, 11) is 0. The van der Waals surface area contributed by atoms with Crippen LogP contribution in [0.5, 0.6) is 0 Å². The Hall–Kier alpha value is -1.91. The highest BCUT2D eigenvalue weighted by Crippen LogP contribution is 2.27. The van der Waals surface area contributed by atoms with Crippen LogP contribution in [0.25, 0.3) is 0 Å². The molecule has 1 aliphatic rings. The number of anilines is 1. The number of carbonyl (C=O) groups is 2. The molecule has 1 aromatic carbocycles. The Morgan fingerprint density at radius 2 is 2.00 bits per heavy atom. The summed E-state index contributed by atoms with van der Waals surface area (Å²) in [6.07, 6.45) is 0.158. The summed E-state index contributed by atoms with van der Waals surface area (Å²) < 4.78 is 12.0. The minimum Gasteiger partial charge on any atom is -0.398 e. The predicted octanol–water partition coefficient (Wildman–Crippen LogP) is 1.22. The van der Waals surface area contributed by atoms with Gasteiger partial charge in [0, 0.05) is 12.2 Å². The minimum atomic E-state index is -0.553. The lowest BCUT2D eigenvalue weighted by Gasteiger charge is -2.11. The number of amides is 2. The lowest BCUT2D eigenvalue weighted by molar-refractivity contribution is 0.0650. The molecule has 1 aromatic rings. The number of nitrogen functional groups attached to an aromatic ring is 1. The van der Waals surface area contributed by atoms with Crippen molar-refractivity contribution in [1.29, 1.82) is 0 Å². The fraction of sp³-hybridized carbons (Fsp3) is 0.273. The zero-order valence-corrected chi connectivity index (χ0v) is 8.57. The fourth-order valence-corrected chi connectivity index (χ4v) is 1.78. The minimum absolute atomic E-state index is 0.0995. The summed E-state index contributed by atoms with van der Waals surface area (Å²) in [6.45, 7) is -0.453. The number of nitrogens with zero attached hydrogens (tertiary/aromatic N) is 1. The summed E-state index contributed by atoms with van der Waals surface area (Å²) in [5.74, 6) is -0.813. The number of benzene rings is 1. The number of hydrogen-bond acceptors (Lipinski definition) is 3. The maximum Gasteiger partial charge on any atom is 0.263 e. The topological polar surface area (TPSA) is 63.4 Å². The smallest absolute Gasteiger partial charge is 0.263 e. The van der Waals surface area contributed by atoms with Gasteiger partial charge in [-0.05, 0) is 18.6 Å². The lowest BCUT2D eigenvalue weighted by atomic mass is 10.1. The van der Waals surface area contributed by atoms with E-state index < -0.39 is 12.6 Å². The number of fused-ring (bicyclic) bond motifs is 1. The zero-order valence-electron chi connectivity index (χ0n) is 8.57. The molecule has 84 valence electrons. The third-order valence-electron chi connectivity index (χ3n) is 2.55. The van der Waals surface area contributed by atoms with Crippen LogP contribution in [0.1, 0.15) is 27.1 Å². The van der Waals surface area contributed by atoms with Crippen LogP contribution in [0.3, 0.4) is 0 Å². The number of rotatable bonds is 3. The molecule has 2 amide bonds. The van der Waals surface area contributed by atoms with E-state index in [2.05, 4.69) is 0 Å². The first-order valence-corrected chi connectivity index (χ1v) is 4.97. The van der Waals surface area contributed by atoms with Gasteiger partial charge in [0.25, 0.3) is 11.8 Å². The lowest BCUT2D eigenvalue weighted by Crippen LogP contribution is -2.31. The van der Waals surface area contributed by atoms with Crippen molar-refractivity contribution in [2.75, 3.05) is 19.0 Å². The molecular weight excluding hydrogens is 211 g/mol. The maximum atomic E-state index is 12.0. The number of carbonyl (C=O) groups excluding carboxylic acids is 2. The van der Waals surface area contributed by atoms with E-state index in [0.717, 1.165) is 4.90 Å². The van der Waals surface area contributed by atoms with Crippen LogP contribution in [0.2, 0.25) is 0 Å². The Morgan fingerprint density at radius 1 is 1.25 bits per heavy atom. The molecule has 1 heterocycles. The quantitative estimate of drug-likeness (QED) is 0.617. The Balaban J connectivity index is 2.37. The molecule has 0 aromatic heterocycles. The molecule has 5 heteroatoms. The summed E-state index contributed by atoms with van der Waals surface area (Å²) in [5, 5.41) is 0. The molecule has 0 unspecified atom stereocenters. The van der Waals surface area contributed by atoms with Crippen LogP contribution >= 0.6 is 0 Å². The van der Waals surface area contributed by atoms with Crippen molar-refractivity contribution < 1.29 is 14.0 Å². The van der Waals surface area contributed by atoms with Crippen molar-refractivity contribution in [3.05, 3.63) is 29.3 Å². The number of imide groups is 1. The van der Waals surface area contributed by atoms with Gasteiger partial charge in [-0.15, -0.1) is 0 Å². The van der Waals surface area contributed by atoms with E-state index in [-0.39, 0.29) is 24.4 Å². The standard InChI is InChI=1S/C11H11FN2O2/c12-5-2-6-14-10(15)7-3-1-4-8(13)9(7)11(14)16/h1,3-4H,2,5-6,13H2. The largest absolute Gasteiger partial charge is 0.398 e. The first-order valence-electron chi connectivity index (χ1n) is 4.97. The monoisotopic (exact) mass is 222 g/mol. The van der Waals surface area contributed by atoms with Crippen molar-refractivity contribution in [3.8, 4) is 0 Å². The Kier molecular flexibility index (Phi) is 2.60. The van der Waals surface area contributed by atoms with Gasteiger partial charge in [-0.1, -0.05) is 6.07 Å². The molecule has 0 atom stereocenters. The summed E-state index contributed by atoms with van der Waals surface area (Å²) in [6, 6.07) is 4.75. The summed E-state index contributed by atoms with van der Waals surface area (Å²) >= 11 is 0. The molecule has 0 saturated heterocycles. The van der Waals surface area contributed by atoms with E-state index in [1.54, 1.807) is 18.2 Å².